The number of alkyl halides is 3. The van der Waals surface area contributed by atoms with Crippen LogP contribution in [0.3, 0.4) is 0 Å². The number of likely N-dealkylation sites (N-methyl/N-ethyl adjacent to an activating group) is 1. The molecule has 0 aliphatic heterocycles. The molecule has 0 radical (unpaired) electrons. The number of carbonyl (C=O) groups excluding carboxylic acids is 1. The van der Waals surface area contributed by atoms with E-state index in [0.29, 0.717) is 0 Å². The molecule has 3 N–H and O–H groups in total. The van der Waals surface area contributed by atoms with Crippen LogP contribution in [0.15, 0.2) is 0 Å². The number of halogens is 3. The number of amides is 1. The topological polar surface area (TPSA) is 82.7 Å². The molecule has 0 aromatic carbocycles. The number of carbonyl (C=O) groups is 1. The second-order valence-corrected chi connectivity index (χ2v) is 2.58. The lowest BCUT2D eigenvalue weighted by atomic mass is 10.6. The number of aromatic amines is 1. The molecule has 1 rings (SSSR count). The van der Waals surface area contributed by atoms with Crippen LogP contribution in [0.2, 0.25) is 0 Å². The Kier molecular flexibility index (Phi) is 3.24. The van der Waals surface area contributed by atoms with Crippen LogP contribution in [0, 0.1) is 0 Å². The average Bonchev–Trinajstić information content (AvgIpc) is 2.52. The lowest BCUT2D eigenvalue weighted by Gasteiger charge is -1.99. The molecule has 6 nitrogen and oxygen atoms in total. The minimum atomic E-state index is -4.60. The quantitative estimate of drug-likeness (QED) is 0.672. The number of rotatable bonds is 3. The summed E-state index contributed by atoms with van der Waals surface area (Å²) in [5.41, 5.74) is 0. The molecule has 9 heteroatoms. The van der Waals surface area contributed by atoms with Gasteiger partial charge in [0.15, 0.2) is 0 Å². The van der Waals surface area contributed by atoms with Crippen molar-refractivity contribution in [1.82, 2.24) is 20.5 Å². The number of aromatic nitrogens is 3. The van der Waals surface area contributed by atoms with Crippen molar-refractivity contribution in [3.63, 3.8) is 0 Å². The van der Waals surface area contributed by atoms with E-state index in [-0.39, 0.29) is 6.54 Å². The zero-order chi connectivity index (χ0) is 11.5. The highest BCUT2D eigenvalue weighted by Gasteiger charge is 2.35. The summed E-state index contributed by atoms with van der Waals surface area (Å²) < 4.78 is 36.1. The van der Waals surface area contributed by atoms with Crippen LogP contribution in [0.1, 0.15) is 5.82 Å². The van der Waals surface area contributed by atoms with E-state index in [9.17, 15) is 18.0 Å². The number of hydrogen-bond donors (Lipinski definition) is 3. The highest BCUT2D eigenvalue weighted by atomic mass is 19.4. The Hall–Kier alpha value is -1.64. The van der Waals surface area contributed by atoms with E-state index < -0.39 is 23.9 Å². The van der Waals surface area contributed by atoms with Crippen molar-refractivity contribution in [3.05, 3.63) is 5.82 Å². The van der Waals surface area contributed by atoms with Crippen LogP contribution < -0.4 is 10.6 Å². The number of nitrogens with zero attached hydrogens (tertiary/aromatic N) is 2. The van der Waals surface area contributed by atoms with Crippen molar-refractivity contribution >= 4 is 11.9 Å². The summed E-state index contributed by atoms with van der Waals surface area (Å²) in [6.07, 6.45) is -4.60. The minimum absolute atomic E-state index is 0.0319. The Morgan fingerprint density at radius 2 is 2.20 bits per heavy atom. The molecule has 0 aliphatic carbocycles. The van der Waals surface area contributed by atoms with Gasteiger partial charge in [-0.2, -0.15) is 18.2 Å². The Morgan fingerprint density at radius 1 is 1.53 bits per heavy atom. The fourth-order valence-corrected chi connectivity index (χ4v) is 0.774. The minimum Gasteiger partial charge on any atom is -0.311 e. The summed E-state index contributed by atoms with van der Waals surface area (Å²) in [5, 5.41) is 9.47. The molecule has 0 fully saturated rings. The summed E-state index contributed by atoms with van der Waals surface area (Å²) in [7, 11) is 1.53. The lowest BCUT2D eigenvalue weighted by Crippen LogP contribution is -2.25. The predicted octanol–water partition coefficient (Wildman–Crippen LogP) is -0.0186. The molecule has 0 saturated carbocycles. The maximum Gasteiger partial charge on any atom is 0.451 e. The first kappa shape index (κ1) is 11.4. The van der Waals surface area contributed by atoms with E-state index in [4.69, 9.17) is 0 Å². The van der Waals surface area contributed by atoms with Gasteiger partial charge in [-0.1, -0.05) is 0 Å². The number of H-pyrrole nitrogens is 1. The van der Waals surface area contributed by atoms with Gasteiger partial charge in [0.05, 0.1) is 6.54 Å². The first-order chi connectivity index (χ1) is 6.93. The maximum absolute atomic E-state index is 12.0. The third-order valence-corrected chi connectivity index (χ3v) is 1.34. The summed E-state index contributed by atoms with van der Waals surface area (Å²) in [6, 6.07) is 0. The first-order valence-corrected chi connectivity index (χ1v) is 3.87. The SMILES string of the molecule is CNCC(=O)Nc1n[nH]c(C(F)(F)F)n1. The monoisotopic (exact) mass is 223 g/mol. The molecule has 0 atom stereocenters. The Bertz CT molecular complexity index is 347. The van der Waals surface area contributed by atoms with Crippen molar-refractivity contribution < 1.29 is 18.0 Å². The highest BCUT2D eigenvalue weighted by Crippen LogP contribution is 2.26. The smallest absolute Gasteiger partial charge is 0.311 e. The zero-order valence-corrected chi connectivity index (χ0v) is 7.64. The van der Waals surface area contributed by atoms with Gasteiger partial charge in [-0.25, -0.2) is 0 Å². The van der Waals surface area contributed by atoms with Crippen molar-refractivity contribution in [3.8, 4) is 0 Å². The molecule has 0 saturated heterocycles. The van der Waals surface area contributed by atoms with E-state index in [1.54, 1.807) is 5.10 Å². The highest BCUT2D eigenvalue weighted by molar-refractivity contribution is 5.90. The molecule has 0 aliphatic rings. The molecule has 0 bridgehead atoms. The fraction of sp³-hybridized carbons (Fsp3) is 0.500. The molecular weight excluding hydrogens is 215 g/mol. The van der Waals surface area contributed by atoms with E-state index in [0.717, 1.165) is 0 Å². The third-order valence-electron chi connectivity index (χ3n) is 1.34. The Morgan fingerprint density at radius 3 is 2.67 bits per heavy atom. The van der Waals surface area contributed by atoms with Gasteiger partial charge in [0.1, 0.15) is 0 Å². The van der Waals surface area contributed by atoms with Gasteiger partial charge in [-0.15, -0.1) is 5.10 Å². The van der Waals surface area contributed by atoms with Crippen LogP contribution >= 0.6 is 0 Å². The second kappa shape index (κ2) is 4.26. The summed E-state index contributed by atoms with van der Waals surface area (Å²) >= 11 is 0. The standard InChI is InChI=1S/C6H8F3N5O/c1-10-2-3(15)11-5-12-4(13-14-5)6(7,8)9/h10H,2H2,1H3,(H2,11,12,13,14,15). The van der Waals surface area contributed by atoms with Gasteiger partial charge in [-0.05, 0) is 7.05 Å². The van der Waals surface area contributed by atoms with Crippen LogP contribution in [0.5, 0.6) is 0 Å². The molecule has 0 unspecified atom stereocenters. The van der Waals surface area contributed by atoms with Gasteiger partial charge in [0.25, 0.3) is 0 Å². The van der Waals surface area contributed by atoms with Crippen molar-refractivity contribution in [2.45, 2.75) is 6.18 Å². The van der Waals surface area contributed by atoms with E-state index >= 15 is 0 Å². The zero-order valence-electron chi connectivity index (χ0n) is 7.64. The Balaban J connectivity index is 2.65. The van der Waals surface area contributed by atoms with Gasteiger partial charge in [0.2, 0.25) is 17.7 Å². The van der Waals surface area contributed by atoms with Gasteiger partial charge >= 0.3 is 6.18 Å². The molecule has 1 amide bonds. The third kappa shape index (κ3) is 3.20. The molecule has 1 aromatic heterocycles. The number of nitrogens with one attached hydrogen (secondary N) is 3. The van der Waals surface area contributed by atoms with E-state index in [1.165, 1.54) is 7.05 Å². The number of hydrogen-bond acceptors (Lipinski definition) is 4. The van der Waals surface area contributed by atoms with Crippen molar-refractivity contribution in [2.24, 2.45) is 0 Å². The molecular formula is C6H8F3N5O. The van der Waals surface area contributed by atoms with Gasteiger partial charge in [0, 0.05) is 0 Å². The summed E-state index contributed by atoms with van der Waals surface area (Å²) in [5.74, 6) is -2.17. The lowest BCUT2D eigenvalue weighted by molar-refractivity contribution is -0.144. The van der Waals surface area contributed by atoms with Crippen LogP contribution in [0.25, 0.3) is 0 Å². The predicted molar refractivity (Wildman–Crippen MR) is 43.9 cm³/mol. The average molecular weight is 223 g/mol. The second-order valence-electron chi connectivity index (χ2n) is 2.58. The number of anilines is 1. The molecule has 0 spiro atoms. The van der Waals surface area contributed by atoms with Crippen LogP contribution in [-0.4, -0.2) is 34.7 Å². The summed E-state index contributed by atoms with van der Waals surface area (Å²) in [6.45, 7) is -0.0319. The van der Waals surface area contributed by atoms with E-state index in [2.05, 4.69) is 20.7 Å². The van der Waals surface area contributed by atoms with Crippen molar-refractivity contribution in [2.75, 3.05) is 18.9 Å². The van der Waals surface area contributed by atoms with Gasteiger partial charge in [-0.3, -0.25) is 15.2 Å². The first-order valence-electron chi connectivity index (χ1n) is 3.87. The van der Waals surface area contributed by atoms with Crippen molar-refractivity contribution in [1.29, 1.82) is 0 Å². The molecule has 1 heterocycles. The normalized spacial score (nSPS) is 11.5. The largest absolute Gasteiger partial charge is 0.451 e. The molecule has 15 heavy (non-hydrogen) atoms. The molecule has 1 aromatic rings. The Labute approximate surface area is 82.3 Å². The fourth-order valence-electron chi connectivity index (χ4n) is 0.774. The maximum atomic E-state index is 12.0. The van der Waals surface area contributed by atoms with Gasteiger partial charge < -0.3 is 5.32 Å². The molecule has 84 valence electrons. The van der Waals surface area contributed by atoms with Crippen LogP contribution in [-0.2, 0) is 11.0 Å². The van der Waals surface area contributed by atoms with Crippen LogP contribution in [0.4, 0.5) is 19.1 Å². The summed E-state index contributed by atoms with van der Waals surface area (Å²) in [4.78, 5) is 14.0. The van der Waals surface area contributed by atoms with E-state index in [1.807, 2.05) is 0 Å².